The van der Waals surface area contributed by atoms with Crippen LogP contribution in [0.15, 0.2) is 16.8 Å². The Labute approximate surface area is 156 Å². The zero-order valence-electron chi connectivity index (χ0n) is 15.4. The summed E-state index contributed by atoms with van der Waals surface area (Å²) >= 11 is 0. The summed E-state index contributed by atoms with van der Waals surface area (Å²) in [6.45, 7) is 3.08. The van der Waals surface area contributed by atoms with Gasteiger partial charge in [0.05, 0.1) is 23.3 Å². The molecule has 2 aliphatic rings. The third-order valence-corrected chi connectivity index (χ3v) is 5.84. The van der Waals surface area contributed by atoms with Gasteiger partial charge >= 0.3 is 0 Å². The van der Waals surface area contributed by atoms with Crippen LogP contribution in [-0.2, 0) is 11.8 Å². The van der Waals surface area contributed by atoms with Gasteiger partial charge in [-0.2, -0.15) is 5.10 Å². The van der Waals surface area contributed by atoms with Crippen LogP contribution < -0.4 is 5.32 Å². The molecule has 27 heavy (non-hydrogen) atoms. The van der Waals surface area contributed by atoms with Crippen molar-refractivity contribution in [1.29, 1.82) is 0 Å². The van der Waals surface area contributed by atoms with Crippen molar-refractivity contribution in [3.63, 3.8) is 0 Å². The van der Waals surface area contributed by atoms with E-state index in [9.17, 15) is 14.7 Å². The smallest absolute Gasteiger partial charge is 0.276 e. The van der Waals surface area contributed by atoms with Crippen molar-refractivity contribution < 1.29 is 19.2 Å². The Balaban J connectivity index is 1.56. The van der Waals surface area contributed by atoms with Gasteiger partial charge in [0.25, 0.3) is 5.91 Å². The largest absolute Gasteiger partial charge is 0.392 e. The molecule has 2 N–H and O–H groups in total. The van der Waals surface area contributed by atoms with Gasteiger partial charge in [0, 0.05) is 38.4 Å². The van der Waals surface area contributed by atoms with Gasteiger partial charge < -0.3 is 19.8 Å². The number of carbonyl (C=O) groups is 2. The van der Waals surface area contributed by atoms with Crippen LogP contribution in [0.3, 0.4) is 0 Å². The summed E-state index contributed by atoms with van der Waals surface area (Å²) in [5, 5.41) is 21.4. The molecule has 2 aromatic heterocycles. The van der Waals surface area contributed by atoms with Crippen LogP contribution in [-0.4, -0.2) is 62.5 Å². The number of nitrogens with one attached hydrogen (secondary N) is 1. The molecule has 2 aromatic rings. The highest BCUT2D eigenvalue weighted by atomic mass is 16.5. The third kappa shape index (κ3) is 2.82. The van der Waals surface area contributed by atoms with E-state index in [-0.39, 0.29) is 24.1 Å². The van der Waals surface area contributed by atoms with Crippen LogP contribution in [0.2, 0.25) is 0 Å². The number of hydrogen-bond acceptors (Lipinski definition) is 6. The number of carbonyl (C=O) groups excluding carboxylic acids is 2. The SMILES string of the molecule is Cc1c(-c2cc(C(=O)N3CC[C@@H](O)[C@@]4(CCCNC4=O)C3)no2)cnn1C. The van der Waals surface area contributed by atoms with E-state index in [4.69, 9.17) is 4.52 Å². The molecular weight excluding hydrogens is 350 g/mol. The lowest BCUT2D eigenvalue weighted by atomic mass is 9.71. The zero-order chi connectivity index (χ0) is 19.2. The van der Waals surface area contributed by atoms with Gasteiger partial charge in [0.2, 0.25) is 5.91 Å². The average Bonchev–Trinajstić information content (AvgIpc) is 3.27. The Morgan fingerprint density at radius 2 is 2.30 bits per heavy atom. The molecule has 2 saturated heterocycles. The van der Waals surface area contributed by atoms with Crippen molar-refractivity contribution in [3.05, 3.63) is 23.7 Å². The van der Waals surface area contributed by atoms with Crippen molar-refractivity contribution in [1.82, 2.24) is 25.2 Å². The van der Waals surface area contributed by atoms with E-state index in [1.807, 2.05) is 14.0 Å². The number of nitrogens with zero attached hydrogens (tertiary/aromatic N) is 4. The maximum atomic E-state index is 12.9. The molecule has 9 nitrogen and oxygen atoms in total. The maximum Gasteiger partial charge on any atom is 0.276 e. The lowest BCUT2D eigenvalue weighted by Crippen LogP contribution is -2.62. The Morgan fingerprint density at radius 3 is 3.00 bits per heavy atom. The molecule has 2 amide bonds. The van der Waals surface area contributed by atoms with E-state index >= 15 is 0 Å². The number of aliphatic hydroxyl groups is 1. The van der Waals surface area contributed by atoms with Gasteiger partial charge in [0.1, 0.15) is 0 Å². The molecule has 9 heteroatoms. The molecule has 0 unspecified atom stereocenters. The second-order valence-corrected chi connectivity index (χ2v) is 7.39. The van der Waals surface area contributed by atoms with Crippen molar-refractivity contribution in [3.8, 4) is 11.3 Å². The Kier molecular flexibility index (Phi) is 4.26. The molecule has 0 bridgehead atoms. The Bertz CT molecular complexity index is 888. The Morgan fingerprint density at radius 1 is 1.48 bits per heavy atom. The highest BCUT2D eigenvalue weighted by Crippen LogP contribution is 2.37. The quantitative estimate of drug-likeness (QED) is 0.792. The van der Waals surface area contributed by atoms with Crippen LogP contribution in [0.5, 0.6) is 0 Å². The minimum absolute atomic E-state index is 0.175. The van der Waals surface area contributed by atoms with Crippen molar-refractivity contribution in [2.75, 3.05) is 19.6 Å². The molecule has 2 fully saturated rings. The lowest BCUT2D eigenvalue weighted by molar-refractivity contribution is -0.147. The predicted molar refractivity (Wildman–Crippen MR) is 94.6 cm³/mol. The highest BCUT2D eigenvalue weighted by molar-refractivity contribution is 5.94. The van der Waals surface area contributed by atoms with Crippen molar-refractivity contribution in [2.45, 2.75) is 32.3 Å². The lowest BCUT2D eigenvalue weighted by Gasteiger charge is -2.46. The van der Waals surface area contributed by atoms with E-state index in [2.05, 4.69) is 15.6 Å². The van der Waals surface area contributed by atoms with Crippen LogP contribution in [0, 0.1) is 12.3 Å². The predicted octanol–water partition coefficient (Wildman–Crippen LogP) is 0.487. The van der Waals surface area contributed by atoms with Gasteiger partial charge in [-0.3, -0.25) is 14.3 Å². The molecule has 0 aliphatic carbocycles. The number of aryl methyl sites for hydroxylation is 1. The van der Waals surface area contributed by atoms with E-state index in [0.29, 0.717) is 31.7 Å². The number of amides is 2. The molecule has 1 spiro atoms. The fraction of sp³-hybridized carbons (Fsp3) is 0.556. The number of aliphatic hydroxyl groups excluding tert-OH is 1. The number of aromatic nitrogens is 3. The zero-order valence-corrected chi connectivity index (χ0v) is 15.4. The second kappa shape index (κ2) is 6.49. The van der Waals surface area contributed by atoms with Gasteiger partial charge in [0.15, 0.2) is 11.5 Å². The van der Waals surface area contributed by atoms with Gasteiger partial charge in [-0.15, -0.1) is 0 Å². The third-order valence-electron chi connectivity index (χ3n) is 5.84. The van der Waals surface area contributed by atoms with Gasteiger partial charge in [-0.25, -0.2) is 0 Å². The molecule has 0 saturated carbocycles. The van der Waals surface area contributed by atoms with Crippen LogP contribution >= 0.6 is 0 Å². The van der Waals surface area contributed by atoms with E-state index < -0.39 is 11.5 Å². The molecule has 144 valence electrons. The van der Waals surface area contributed by atoms with Crippen molar-refractivity contribution in [2.24, 2.45) is 12.5 Å². The first-order chi connectivity index (χ1) is 12.9. The summed E-state index contributed by atoms with van der Waals surface area (Å²) in [6, 6.07) is 1.60. The first-order valence-electron chi connectivity index (χ1n) is 9.14. The first-order valence-corrected chi connectivity index (χ1v) is 9.14. The van der Waals surface area contributed by atoms with Crippen molar-refractivity contribution >= 4 is 11.8 Å². The van der Waals surface area contributed by atoms with Crippen LogP contribution in [0.25, 0.3) is 11.3 Å². The minimum atomic E-state index is -0.932. The summed E-state index contributed by atoms with van der Waals surface area (Å²) in [7, 11) is 1.83. The van der Waals surface area contributed by atoms with Gasteiger partial charge in [-0.05, 0) is 26.2 Å². The topological polar surface area (TPSA) is 113 Å². The van der Waals surface area contributed by atoms with E-state index in [1.165, 1.54) is 0 Å². The second-order valence-electron chi connectivity index (χ2n) is 7.39. The summed E-state index contributed by atoms with van der Waals surface area (Å²) in [5.41, 5.74) is 0.944. The number of piperidine rings is 2. The standard InChI is InChI=1S/C18H23N5O4/c1-11-12(9-20-22(11)2)14-8-13(21-27-14)16(25)23-7-4-15(24)18(10-23)5-3-6-19-17(18)26/h8-9,15,24H,3-7,10H2,1-2H3,(H,19,26)/t15-,18-/m1/s1. The molecule has 0 radical (unpaired) electrons. The average molecular weight is 373 g/mol. The highest BCUT2D eigenvalue weighted by Gasteiger charge is 2.50. The molecule has 2 aliphatic heterocycles. The normalized spacial score (nSPS) is 25.7. The monoisotopic (exact) mass is 373 g/mol. The fourth-order valence-corrected chi connectivity index (χ4v) is 4.02. The molecule has 4 rings (SSSR count). The fourth-order valence-electron chi connectivity index (χ4n) is 4.02. The van der Waals surface area contributed by atoms with Crippen LogP contribution in [0.4, 0.5) is 0 Å². The number of likely N-dealkylation sites (tertiary alicyclic amines) is 1. The number of hydrogen-bond donors (Lipinski definition) is 2. The minimum Gasteiger partial charge on any atom is -0.392 e. The summed E-state index contributed by atoms with van der Waals surface area (Å²) < 4.78 is 7.08. The van der Waals surface area contributed by atoms with Gasteiger partial charge in [-0.1, -0.05) is 5.16 Å². The van der Waals surface area contributed by atoms with E-state index in [1.54, 1.807) is 21.8 Å². The van der Waals surface area contributed by atoms with Crippen LogP contribution in [0.1, 0.15) is 35.4 Å². The maximum absolute atomic E-state index is 12.9. The molecule has 4 heterocycles. The first kappa shape index (κ1) is 17.7. The summed E-state index contributed by atoms with van der Waals surface area (Å²) in [6.07, 6.45) is 2.66. The molecular formula is C18H23N5O4. The Hall–Kier alpha value is -2.68. The number of rotatable bonds is 2. The summed E-state index contributed by atoms with van der Waals surface area (Å²) in [4.78, 5) is 27.0. The van der Waals surface area contributed by atoms with E-state index in [0.717, 1.165) is 17.7 Å². The molecule has 0 aromatic carbocycles. The molecule has 2 atom stereocenters. The summed E-state index contributed by atoms with van der Waals surface area (Å²) in [5.74, 6) is 0.00730.